The Morgan fingerprint density at radius 2 is 2.00 bits per heavy atom. The number of hydrogen-bond acceptors (Lipinski definition) is 7. The van der Waals surface area contributed by atoms with Crippen LogP contribution in [0, 0.1) is 0 Å². The molecular formula is C29H33BrClFN4O5. The molecule has 12 heteroatoms. The molecule has 41 heavy (non-hydrogen) atoms. The normalized spacial score (nSPS) is 16.3. The van der Waals surface area contributed by atoms with Gasteiger partial charge < -0.3 is 9.64 Å². The molecule has 3 heterocycles. The molecular weight excluding hydrogens is 619 g/mol. The Kier molecular flexibility index (Phi) is 10.9. The Balaban J connectivity index is 1.66. The average Bonchev–Trinajstić information content (AvgIpc) is 3.35. The molecule has 0 saturated carbocycles. The molecule has 0 fully saturated rings. The summed E-state index contributed by atoms with van der Waals surface area (Å²) in [6.45, 7) is 10.4. The van der Waals surface area contributed by atoms with Gasteiger partial charge in [0.1, 0.15) is 11.4 Å². The Bertz CT molecular complexity index is 1370. The van der Waals surface area contributed by atoms with Crippen molar-refractivity contribution in [2.75, 3.05) is 49.7 Å². The van der Waals surface area contributed by atoms with Gasteiger partial charge in [-0.05, 0) is 56.0 Å². The topological polar surface area (TPSA) is 86.1 Å². The van der Waals surface area contributed by atoms with Crippen LogP contribution in [0.25, 0.3) is 5.70 Å². The standard InChI is InChI=1S/C29H33BrClFN4O5/c1-4-6-24(25(32)19(3)31)36-27-23(26(33-36)29(38)39-5-2)10-13-35(28(27)37)22-8-7-20-9-12-34(18-21(20)17-22)14-16-41-40-15-11-30/h4,6-8,17H,1,5,9-16,18H2,2-3H3/b24-6+,25-19-. The van der Waals surface area contributed by atoms with Crippen molar-refractivity contribution in [3.8, 4) is 0 Å². The van der Waals surface area contributed by atoms with Crippen LogP contribution in [-0.4, -0.2) is 71.3 Å². The lowest BCUT2D eigenvalue weighted by Gasteiger charge is -2.31. The second-order valence-corrected chi connectivity index (χ2v) is 10.8. The fourth-order valence-electron chi connectivity index (χ4n) is 4.95. The smallest absolute Gasteiger partial charge is 0.359 e. The molecule has 0 bridgehead atoms. The maximum atomic E-state index is 15.2. The zero-order chi connectivity index (χ0) is 29.5. The first-order valence-corrected chi connectivity index (χ1v) is 14.9. The Hall–Kier alpha value is -2.83. The highest BCUT2D eigenvalue weighted by Crippen LogP contribution is 2.33. The number of carbonyl (C=O) groups excluding carboxylic acids is 2. The van der Waals surface area contributed by atoms with Gasteiger partial charge in [-0.2, -0.15) is 5.10 Å². The highest BCUT2D eigenvalue weighted by molar-refractivity contribution is 9.09. The van der Waals surface area contributed by atoms with E-state index in [1.165, 1.54) is 24.6 Å². The van der Waals surface area contributed by atoms with E-state index in [1.54, 1.807) is 11.8 Å². The number of carbonyl (C=O) groups is 2. The van der Waals surface area contributed by atoms with Crippen molar-refractivity contribution in [2.45, 2.75) is 33.2 Å². The maximum Gasteiger partial charge on any atom is 0.359 e. The molecule has 2 aromatic rings. The number of benzene rings is 1. The number of esters is 1. The van der Waals surface area contributed by atoms with E-state index in [2.05, 4.69) is 32.5 Å². The molecule has 4 rings (SSSR count). The molecule has 0 aliphatic carbocycles. The minimum Gasteiger partial charge on any atom is -0.461 e. The van der Waals surface area contributed by atoms with Crippen LogP contribution < -0.4 is 4.90 Å². The largest absolute Gasteiger partial charge is 0.461 e. The number of amides is 1. The fourth-order valence-corrected chi connectivity index (χ4v) is 5.17. The number of rotatable bonds is 12. The number of aromatic nitrogens is 2. The summed E-state index contributed by atoms with van der Waals surface area (Å²) in [6, 6.07) is 5.99. The number of halogens is 3. The monoisotopic (exact) mass is 650 g/mol. The number of nitrogens with zero attached hydrogens (tertiary/aromatic N) is 4. The second kappa shape index (κ2) is 14.4. The molecule has 0 radical (unpaired) electrons. The number of fused-ring (bicyclic) bond motifs is 2. The third kappa shape index (κ3) is 6.98. The minimum absolute atomic E-state index is 0.0201. The van der Waals surface area contributed by atoms with Crippen molar-refractivity contribution in [3.05, 3.63) is 75.9 Å². The van der Waals surface area contributed by atoms with Crippen LogP contribution in [0.3, 0.4) is 0 Å². The van der Waals surface area contributed by atoms with Crippen LogP contribution in [0.4, 0.5) is 10.1 Å². The highest BCUT2D eigenvalue weighted by atomic mass is 79.9. The summed E-state index contributed by atoms with van der Waals surface area (Å²) in [7, 11) is 0. The summed E-state index contributed by atoms with van der Waals surface area (Å²) in [5.74, 6) is -1.87. The summed E-state index contributed by atoms with van der Waals surface area (Å²) in [6.07, 6.45) is 3.94. The number of ether oxygens (including phenoxy) is 1. The third-order valence-corrected chi connectivity index (χ3v) is 7.33. The van der Waals surface area contributed by atoms with E-state index in [0.29, 0.717) is 55.8 Å². The van der Waals surface area contributed by atoms with Gasteiger partial charge in [-0.1, -0.05) is 46.3 Å². The van der Waals surface area contributed by atoms with Crippen LogP contribution >= 0.6 is 27.5 Å². The number of alkyl halides is 1. The van der Waals surface area contributed by atoms with E-state index < -0.39 is 17.7 Å². The van der Waals surface area contributed by atoms with Crippen molar-refractivity contribution in [2.24, 2.45) is 0 Å². The lowest BCUT2D eigenvalue weighted by Crippen LogP contribution is -2.39. The summed E-state index contributed by atoms with van der Waals surface area (Å²) in [4.78, 5) is 41.0. The zero-order valence-electron chi connectivity index (χ0n) is 23.1. The Morgan fingerprint density at radius 3 is 2.71 bits per heavy atom. The summed E-state index contributed by atoms with van der Waals surface area (Å²) in [5.41, 5.74) is 3.43. The molecule has 1 aromatic heterocycles. The van der Waals surface area contributed by atoms with Gasteiger partial charge in [-0.15, -0.1) is 0 Å². The number of anilines is 1. The van der Waals surface area contributed by atoms with Crippen LogP contribution in [0.2, 0.25) is 0 Å². The first kappa shape index (κ1) is 31.1. The summed E-state index contributed by atoms with van der Waals surface area (Å²) < 4.78 is 21.5. The van der Waals surface area contributed by atoms with E-state index in [-0.39, 0.29) is 28.7 Å². The van der Waals surface area contributed by atoms with Gasteiger partial charge in [-0.3, -0.25) is 9.69 Å². The van der Waals surface area contributed by atoms with Gasteiger partial charge in [0.2, 0.25) is 0 Å². The molecule has 2 aliphatic heterocycles. The SMILES string of the molecule is C=C/C=C(\C(F)=C(/C)Cl)n1nc(C(=O)OCC)c2c1C(=O)N(c1ccc3c(c1)CN(CCOOCCBr)CC3)CC2. The van der Waals surface area contributed by atoms with Crippen molar-refractivity contribution in [3.63, 3.8) is 0 Å². The molecule has 1 amide bonds. The molecule has 0 N–H and O–H groups in total. The van der Waals surface area contributed by atoms with Crippen LogP contribution in [0.5, 0.6) is 0 Å². The predicted molar refractivity (Wildman–Crippen MR) is 159 cm³/mol. The summed E-state index contributed by atoms with van der Waals surface area (Å²) >= 11 is 9.28. The van der Waals surface area contributed by atoms with Gasteiger partial charge >= 0.3 is 5.97 Å². The van der Waals surface area contributed by atoms with E-state index in [9.17, 15) is 9.59 Å². The first-order chi connectivity index (χ1) is 19.8. The number of allylic oxidation sites excluding steroid dienone is 5. The van der Waals surface area contributed by atoms with Crippen LogP contribution in [-0.2, 0) is 33.9 Å². The van der Waals surface area contributed by atoms with Gasteiger partial charge in [0.05, 0.1) is 24.9 Å². The molecule has 9 nitrogen and oxygen atoms in total. The molecule has 0 atom stereocenters. The molecule has 220 valence electrons. The molecule has 0 unspecified atom stereocenters. The quantitative estimate of drug-likeness (QED) is 0.0756. The minimum atomic E-state index is -0.785. The molecule has 2 aliphatic rings. The maximum absolute atomic E-state index is 15.2. The molecule has 0 saturated heterocycles. The van der Waals surface area contributed by atoms with Gasteiger partial charge in [0, 0.05) is 42.8 Å². The third-order valence-electron chi connectivity index (χ3n) is 6.84. The van der Waals surface area contributed by atoms with E-state index >= 15 is 4.39 Å². The fraction of sp³-hybridized carbons (Fsp3) is 0.414. The van der Waals surface area contributed by atoms with Crippen molar-refractivity contribution >= 4 is 50.8 Å². The van der Waals surface area contributed by atoms with Gasteiger partial charge in [0.25, 0.3) is 5.91 Å². The first-order valence-electron chi connectivity index (χ1n) is 13.4. The van der Waals surface area contributed by atoms with Gasteiger partial charge in [0.15, 0.2) is 11.5 Å². The van der Waals surface area contributed by atoms with Crippen molar-refractivity contribution in [1.82, 2.24) is 14.7 Å². The highest BCUT2D eigenvalue weighted by Gasteiger charge is 2.37. The zero-order valence-corrected chi connectivity index (χ0v) is 25.5. The van der Waals surface area contributed by atoms with E-state index in [4.69, 9.17) is 26.1 Å². The average molecular weight is 652 g/mol. The lowest BCUT2D eigenvalue weighted by atomic mass is 9.97. The summed E-state index contributed by atoms with van der Waals surface area (Å²) in [5, 5.41) is 4.93. The van der Waals surface area contributed by atoms with Gasteiger partial charge in [-0.25, -0.2) is 23.6 Å². The van der Waals surface area contributed by atoms with E-state index in [0.717, 1.165) is 23.2 Å². The van der Waals surface area contributed by atoms with Crippen LogP contribution in [0.15, 0.2) is 47.8 Å². The second-order valence-electron chi connectivity index (χ2n) is 9.46. The number of hydrogen-bond donors (Lipinski definition) is 0. The molecule has 1 aromatic carbocycles. The van der Waals surface area contributed by atoms with Crippen LogP contribution in [0.1, 0.15) is 51.5 Å². The van der Waals surface area contributed by atoms with Crippen molar-refractivity contribution in [1.29, 1.82) is 0 Å². The van der Waals surface area contributed by atoms with E-state index in [1.807, 2.05) is 18.2 Å². The Morgan fingerprint density at radius 1 is 1.22 bits per heavy atom. The predicted octanol–water partition coefficient (Wildman–Crippen LogP) is 5.43. The Labute approximate surface area is 252 Å². The molecule has 0 spiro atoms. The lowest BCUT2D eigenvalue weighted by molar-refractivity contribution is -0.291. The van der Waals surface area contributed by atoms with Crippen molar-refractivity contribution < 1.29 is 28.5 Å².